The summed E-state index contributed by atoms with van der Waals surface area (Å²) in [7, 11) is 0. The predicted molar refractivity (Wildman–Crippen MR) is 242 cm³/mol. The van der Waals surface area contributed by atoms with E-state index in [4.69, 9.17) is 0 Å². The first kappa shape index (κ1) is 40.8. The van der Waals surface area contributed by atoms with Gasteiger partial charge in [0.05, 0.1) is 0 Å². The molecule has 0 aromatic heterocycles. The summed E-state index contributed by atoms with van der Waals surface area (Å²) in [6.45, 7) is 42.4. The highest BCUT2D eigenvalue weighted by molar-refractivity contribution is 5.86. The number of hydrogen-bond donors (Lipinski definition) is 0. The zero-order chi connectivity index (χ0) is 40.8. The first-order chi connectivity index (χ1) is 25.1. The maximum absolute atomic E-state index is 2.59. The van der Waals surface area contributed by atoms with Crippen molar-refractivity contribution in [3.8, 4) is 33.4 Å². The molecule has 0 amide bonds. The Kier molecular flexibility index (Phi) is 9.90. The minimum absolute atomic E-state index is 0.0114. The molecule has 0 N–H and O–H groups in total. The smallest absolute Gasteiger partial charge is 0.0358 e. The molecule has 6 rings (SSSR count). The third-order valence-electron chi connectivity index (χ3n) is 12.1. The van der Waals surface area contributed by atoms with Gasteiger partial charge in [0.1, 0.15) is 0 Å². The number of rotatable bonds is 3. The topological polar surface area (TPSA) is 0 Å². The van der Waals surface area contributed by atoms with Gasteiger partial charge in [-0.05, 0) is 116 Å². The standard InChI is InChI=1S/C55H70/c1-50(2,3)34-19-25-37-40(28-22-34)46(53(10,11)12)31-43(37)49(44-32-47(54(13,14)15)41-29-23-35(51(4,5)6)20-26-38(41)44)45-33-48(55(16,17)18)42-30-24-36(52(7,8)9)21-27-39(42)45/h19-33,49H,1-18H3. The van der Waals surface area contributed by atoms with Crippen molar-refractivity contribution < 1.29 is 0 Å². The predicted octanol–water partition coefficient (Wildman–Crippen LogP) is 16.0. The van der Waals surface area contributed by atoms with Crippen LogP contribution in [0.3, 0.4) is 0 Å². The average molecular weight is 731 g/mol. The van der Waals surface area contributed by atoms with Crippen molar-refractivity contribution in [2.75, 3.05) is 0 Å². The van der Waals surface area contributed by atoms with Crippen LogP contribution in [0, 0.1) is 0 Å². The van der Waals surface area contributed by atoms with Gasteiger partial charge < -0.3 is 0 Å². The van der Waals surface area contributed by atoms with Crippen LogP contribution in [0.4, 0.5) is 0 Å². The van der Waals surface area contributed by atoms with Crippen LogP contribution in [0.25, 0.3) is 33.4 Å². The van der Waals surface area contributed by atoms with E-state index in [0.717, 1.165) is 0 Å². The van der Waals surface area contributed by atoms with E-state index in [2.05, 4.69) is 216 Å². The number of fused-ring (bicyclic) bond motifs is 3. The fraction of sp³-hybridized carbons (Fsp3) is 0.455. The fourth-order valence-corrected chi connectivity index (χ4v) is 8.72. The van der Waals surface area contributed by atoms with Crippen LogP contribution in [-0.4, -0.2) is 0 Å². The molecular weight excluding hydrogens is 661 g/mol. The van der Waals surface area contributed by atoms with Gasteiger partial charge >= 0.3 is 0 Å². The minimum Gasteiger partial charge on any atom is -0.0579 e. The van der Waals surface area contributed by atoms with Gasteiger partial charge in [0.2, 0.25) is 0 Å². The van der Waals surface area contributed by atoms with Crippen molar-refractivity contribution in [2.24, 2.45) is 0 Å². The molecule has 0 heterocycles. The Morgan fingerprint density at radius 2 is 0.455 bits per heavy atom. The molecule has 0 spiro atoms. The van der Waals surface area contributed by atoms with Crippen LogP contribution in [0.5, 0.6) is 0 Å². The van der Waals surface area contributed by atoms with Gasteiger partial charge in [-0.1, -0.05) is 216 Å². The third-order valence-corrected chi connectivity index (χ3v) is 12.1. The van der Waals surface area contributed by atoms with E-state index < -0.39 is 0 Å². The maximum atomic E-state index is 2.59. The molecule has 0 nitrogen and oxygen atoms in total. The second kappa shape index (κ2) is 13.4. The van der Waals surface area contributed by atoms with Gasteiger partial charge in [-0.15, -0.1) is 0 Å². The first-order valence-electron chi connectivity index (χ1n) is 20.8. The van der Waals surface area contributed by atoms with E-state index in [1.165, 1.54) is 83.5 Å². The lowest BCUT2D eigenvalue weighted by Crippen LogP contribution is -2.11. The molecule has 0 unspecified atom stereocenters. The van der Waals surface area contributed by atoms with Gasteiger partial charge in [0.15, 0.2) is 0 Å². The van der Waals surface area contributed by atoms with E-state index in [0.29, 0.717) is 0 Å². The van der Waals surface area contributed by atoms with Crippen molar-refractivity contribution in [3.63, 3.8) is 0 Å². The monoisotopic (exact) mass is 731 g/mol. The van der Waals surface area contributed by atoms with Gasteiger partial charge in [0, 0.05) is 5.92 Å². The Labute approximate surface area is 336 Å². The third kappa shape index (κ3) is 7.77. The molecule has 55 heavy (non-hydrogen) atoms. The second-order valence-corrected chi connectivity index (χ2v) is 22.8. The minimum atomic E-state index is -0.0330. The molecule has 0 saturated heterocycles. The highest BCUT2D eigenvalue weighted by Crippen LogP contribution is 2.54. The van der Waals surface area contributed by atoms with Crippen molar-refractivity contribution in [1.82, 2.24) is 0 Å². The summed E-state index contributed by atoms with van der Waals surface area (Å²) in [5, 5.41) is 0. The van der Waals surface area contributed by atoms with Crippen LogP contribution < -0.4 is 0 Å². The van der Waals surface area contributed by atoms with Crippen LogP contribution in [0.1, 0.15) is 181 Å². The molecule has 0 atom stereocenters. The summed E-state index contributed by atoms with van der Waals surface area (Å²) in [4.78, 5) is 0. The number of hydrogen-bond acceptors (Lipinski definition) is 0. The zero-order valence-corrected chi connectivity index (χ0v) is 37.7. The summed E-state index contributed by atoms with van der Waals surface area (Å²) in [5.41, 5.74) is 20.7. The maximum Gasteiger partial charge on any atom is 0.0358 e. The summed E-state index contributed by atoms with van der Waals surface area (Å²) in [6, 6.07) is 36.7. The Morgan fingerprint density at radius 1 is 0.255 bits per heavy atom. The molecule has 0 saturated carbocycles. The molecule has 0 aliphatic heterocycles. The van der Waals surface area contributed by atoms with Crippen molar-refractivity contribution >= 4 is 0 Å². The van der Waals surface area contributed by atoms with E-state index in [-0.39, 0.29) is 38.4 Å². The molecule has 0 fully saturated rings. The zero-order valence-electron chi connectivity index (χ0n) is 37.7. The highest BCUT2D eigenvalue weighted by Gasteiger charge is 2.37. The molecule has 0 aromatic carbocycles. The highest BCUT2D eigenvalue weighted by atomic mass is 14.4. The normalized spacial score (nSPS) is 13.8. The lowest BCUT2D eigenvalue weighted by Gasteiger charge is -2.21. The van der Waals surface area contributed by atoms with Gasteiger partial charge in [0.25, 0.3) is 0 Å². The average Bonchev–Trinajstić information content (AvgIpc) is 3.46. The summed E-state index contributed by atoms with van der Waals surface area (Å²) in [5.74, 6) is 0.0114. The van der Waals surface area contributed by atoms with Gasteiger partial charge in [-0.25, -0.2) is 0 Å². The van der Waals surface area contributed by atoms with E-state index in [9.17, 15) is 0 Å². The molecule has 6 aliphatic carbocycles. The summed E-state index contributed by atoms with van der Waals surface area (Å²) in [6.07, 6.45) is 0. The van der Waals surface area contributed by atoms with Gasteiger partial charge in [-0.2, -0.15) is 0 Å². The lowest BCUT2D eigenvalue weighted by molar-refractivity contribution is 0.590. The second-order valence-electron chi connectivity index (χ2n) is 22.8. The fourth-order valence-electron chi connectivity index (χ4n) is 8.72. The van der Waals surface area contributed by atoms with Crippen molar-refractivity contribution in [1.29, 1.82) is 0 Å². The Balaban J connectivity index is 1.83. The summed E-state index contributed by atoms with van der Waals surface area (Å²) < 4.78 is 0. The van der Waals surface area contributed by atoms with Crippen LogP contribution in [-0.2, 0) is 32.5 Å². The Morgan fingerprint density at radius 3 is 0.636 bits per heavy atom. The molecule has 0 aromatic rings. The first-order valence-corrected chi connectivity index (χ1v) is 20.8. The quantitative estimate of drug-likeness (QED) is 0.170. The Bertz CT molecular complexity index is 1990. The molecule has 0 bridgehead atoms. The van der Waals surface area contributed by atoms with Crippen LogP contribution >= 0.6 is 0 Å². The molecule has 290 valence electrons. The van der Waals surface area contributed by atoms with E-state index >= 15 is 0 Å². The Hall–Kier alpha value is -3.90. The molecule has 6 aliphatic rings. The van der Waals surface area contributed by atoms with Crippen LogP contribution in [0.15, 0.2) is 91.0 Å². The van der Waals surface area contributed by atoms with Crippen molar-refractivity contribution in [3.05, 3.63) is 141 Å². The molecule has 0 heteroatoms. The van der Waals surface area contributed by atoms with E-state index in [1.54, 1.807) is 0 Å². The van der Waals surface area contributed by atoms with Gasteiger partial charge in [-0.3, -0.25) is 0 Å². The molecular formula is C55H70. The SMILES string of the molecule is CC(C)(C)c1ccc2c(C(c3cc(C(C)(C)C)c4ccc(C(C)(C)C)ccc3-4)c3cc(C(C)(C)C)c4ccc(C(C)(C)C)ccc3-4)cc(C(C)(C)C)c-2cc1. The van der Waals surface area contributed by atoms with E-state index in [1.807, 2.05) is 0 Å². The van der Waals surface area contributed by atoms with Crippen LogP contribution in [0.2, 0.25) is 0 Å². The van der Waals surface area contributed by atoms with Crippen molar-refractivity contribution in [2.45, 2.75) is 163 Å². The largest absolute Gasteiger partial charge is 0.0579 e. The summed E-state index contributed by atoms with van der Waals surface area (Å²) >= 11 is 0. The lowest BCUT2D eigenvalue weighted by atomic mass is 9.82. The molecule has 0 radical (unpaired) electrons.